The lowest BCUT2D eigenvalue weighted by molar-refractivity contribution is -0.127. The smallest absolute Gasteiger partial charge is 0.227 e. The lowest BCUT2D eigenvalue weighted by Gasteiger charge is -2.31. The van der Waals surface area contributed by atoms with Crippen molar-refractivity contribution in [2.24, 2.45) is 5.92 Å². The number of amides is 2. The maximum Gasteiger partial charge on any atom is 0.227 e. The molecule has 2 heterocycles. The summed E-state index contributed by atoms with van der Waals surface area (Å²) in [6.45, 7) is 15.3. The predicted octanol–water partition coefficient (Wildman–Crippen LogP) is 6.34. The summed E-state index contributed by atoms with van der Waals surface area (Å²) in [6.07, 6.45) is 1.89. The number of hydrogen-bond acceptors (Lipinski definition) is 6. The molecule has 9 heteroatoms. The molecule has 9 nitrogen and oxygen atoms in total. The van der Waals surface area contributed by atoms with Crippen LogP contribution >= 0.6 is 0 Å². The van der Waals surface area contributed by atoms with Gasteiger partial charge in [-0.2, -0.15) is 0 Å². The third kappa shape index (κ3) is 8.00. The van der Waals surface area contributed by atoms with Crippen LogP contribution in [-0.2, 0) is 32.2 Å². The molecule has 1 N–H and O–H groups in total. The first-order valence-corrected chi connectivity index (χ1v) is 15.7. The van der Waals surface area contributed by atoms with E-state index in [0.29, 0.717) is 39.0 Å². The van der Waals surface area contributed by atoms with Crippen molar-refractivity contribution >= 4 is 23.3 Å². The quantitative estimate of drug-likeness (QED) is 0.245. The number of aromatic nitrogens is 3. The molecule has 0 atom stereocenters. The number of Topliss-reactive ketones (excluding diaryl/α,β-unsaturated/α-hetero) is 1. The number of benzene rings is 2. The fourth-order valence-electron chi connectivity index (χ4n) is 5.48. The summed E-state index contributed by atoms with van der Waals surface area (Å²) in [5, 5.41) is 12.0. The molecule has 1 aliphatic heterocycles. The van der Waals surface area contributed by atoms with Crippen molar-refractivity contribution in [3.05, 3.63) is 54.1 Å². The molecule has 4 rings (SSSR count). The van der Waals surface area contributed by atoms with E-state index in [1.54, 1.807) is 4.90 Å². The molecule has 0 saturated heterocycles. The molecule has 1 aliphatic rings. The molecule has 2 aromatic carbocycles. The van der Waals surface area contributed by atoms with Gasteiger partial charge < -0.3 is 15.0 Å². The molecule has 0 unspecified atom stereocenters. The molecule has 0 aliphatic carbocycles. The topological polar surface area (TPSA) is 106 Å². The number of hydrogen-bond donors (Lipinski definition) is 1. The zero-order valence-corrected chi connectivity index (χ0v) is 27.3. The van der Waals surface area contributed by atoms with Gasteiger partial charge >= 0.3 is 0 Å². The summed E-state index contributed by atoms with van der Waals surface area (Å²) >= 11 is 0. The van der Waals surface area contributed by atoms with E-state index in [9.17, 15) is 14.4 Å². The third-order valence-electron chi connectivity index (χ3n) is 8.27. The Morgan fingerprint density at radius 1 is 0.932 bits per heavy atom. The average Bonchev–Trinajstić information content (AvgIpc) is 3.39. The summed E-state index contributed by atoms with van der Waals surface area (Å²) in [6, 6.07) is 15.8. The summed E-state index contributed by atoms with van der Waals surface area (Å²) in [4.78, 5) is 40.6. The van der Waals surface area contributed by atoms with Crippen LogP contribution in [0.3, 0.4) is 0 Å². The van der Waals surface area contributed by atoms with Crippen LogP contribution in [0.4, 0.5) is 5.69 Å². The van der Waals surface area contributed by atoms with Crippen molar-refractivity contribution in [1.29, 1.82) is 0 Å². The van der Waals surface area contributed by atoms with Crippen LogP contribution in [0.2, 0.25) is 0 Å². The highest BCUT2D eigenvalue weighted by Gasteiger charge is 2.30. The van der Waals surface area contributed by atoms with E-state index in [4.69, 9.17) is 4.74 Å². The molecule has 0 radical (unpaired) electrons. The van der Waals surface area contributed by atoms with E-state index < -0.39 is 11.1 Å². The Hall–Kier alpha value is -3.85. The fourth-order valence-corrected chi connectivity index (χ4v) is 5.48. The lowest BCUT2D eigenvalue weighted by atomic mass is 9.95. The maximum atomic E-state index is 13.8. The first-order valence-electron chi connectivity index (χ1n) is 15.7. The second-order valence-corrected chi connectivity index (χ2v) is 13.2. The van der Waals surface area contributed by atoms with Gasteiger partial charge in [-0.05, 0) is 59.1 Å². The van der Waals surface area contributed by atoms with E-state index in [-0.39, 0.29) is 36.4 Å². The van der Waals surface area contributed by atoms with Crippen molar-refractivity contribution in [3.8, 4) is 22.5 Å². The van der Waals surface area contributed by atoms with Crippen LogP contribution in [0, 0.1) is 5.92 Å². The Morgan fingerprint density at radius 3 is 2.32 bits per heavy atom. The number of para-hydroxylation sites is 1. The Kier molecular flexibility index (Phi) is 10.4. The highest BCUT2D eigenvalue weighted by atomic mass is 16.5. The van der Waals surface area contributed by atoms with Crippen LogP contribution in [-0.4, -0.2) is 50.3 Å². The minimum atomic E-state index is -0.516. The van der Waals surface area contributed by atoms with Crippen molar-refractivity contribution in [3.63, 3.8) is 0 Å². The van der Waals surface area contributed by atoms with Gasteiger partial charge in [0.15, 0.2) is 0 Å². The van der Waals surface area contributed by atoms with Crippen molar-refractivity contribution < 1.29 is 19.1 Å². The Bertz CT molecular complexity index is 1490. The number of rotatable bonds is 13. The standard InChI is InChI=1S/C35H47N5O4/c1-8-40-33-26-14-10-9-13-25(26)23-39(28-16-12-11-15-27(28)32(33)37-38-40)31(43)18-17-30(42)36-34(4,5)21-22-44-35(6,7)20-19-29(41)24(2)3/h9-16,24H,8,17-23H2,1-7H3,(H,36,42). The van der Waals surface area contributed by atoms with Crippen LogP contribution < -0.4 is 10.2 Å². The number of anilines is 1. The van der Waals surface area contributed by atoms with Gasteiger partial charge in [0.2, 0.25) is 11.8 Å². The van der Waals surface area contributed by atoms with Crippen molar-refractivity contribution in [2.45, 2.75) is 105 Å². The molecule has 3 aromatic rings. The number of nitrogens with zero attached hydrogens (tertiary/aromatic N) is 4. The predicted molar refractivity (Wildman–Crippen MR) is 173 cm³/mol. The van der Waals surface area contributed by atoms with Gasteiger partial charge in [-0.15, -0.1) is 5.10 Å². The molecule has 1 aromatic heterocycles. The zero-order chi connectivity index (χ0) is 32.1. The zero-order valence-electron chi connectivity index (χ0n) is 27.3. The summed E-state index contributed by atoms with van der Waals surface area (Å²) in [7, 11) is 0. The van der Waals surface area contributed by atoms with Gasteiger partial charge in [-0.3, -0.25) is 14.4 Å². The molecule has 0 saturated carbocycles. The normalized spacial score (nSPS) is 13.0. The van der Waals surface area contributed by atoms with Gasteiger partial charge in [-0.25, -0.2) is 4.68 Å². The minimum Gasteiger partial charge on any atom is -0.375 e. The lowest BCUT2D eigenvalue weighted by Crippen LogP contribution is -2.45. The SMILES string of the molecule is CCn1nnc2c1-c1ccccc1CN(C(=O)CCC(=O)NC(C)(C)CCOC(C)(C)CCC(=O)C(C)C)c1ccccc1-2. The summed E-state index contributed by atoms with van der Waals surface area (Å²) < 4.78 is 7.99. The van der Waals surface area contributed by atoms with Crippen LogP contribution in [0.5, 0.6) is 0 Å². The molecule has 2 amide bonds. The minimum absolute atomic E-state index is 0.0250. The highest BCUT2D eigenvalue weighted by Crippen LogP contribution is 2.41. The second-order valence-electron chi connectivity index (χ2n) is 13.2. The van der Waals surface area contributed by atoms with Crippen LogP contribution in [0.15, 0.2) is 48.5 Å². The number of carbonyl (C=O) groups excluding carboxylic acids is 3. The molecule has 0 fully saturated rings. The van der Waals surface area contributed by atoms with Crippen molar-refractivity contribution in [1.82, 2.24) is 20.3 Å². The molecule has 0 spiro atoms. The van der Waals surface area contributed by atoms with Crippen molar-refractivity contribution in [2.75, 3.05) is 11.5 Å². The molecule has 44 heavy (non-hydrogen) atoms. The van der Waals surface area contributed by atoms with E-state index in [0.717, 1.165) is 33.8 Å². The van der Waals surface area contributed by atoms with E-state index >= 15 is 0 Å². The molecule has 0 bridgehead atoms. The Morgan fingerprint density at radius 2 is 1.61 bits per heavy atom. The number of fused-ring (bicyclic) bond motifs is 5. The first kappa shape index (κ1) is 33.1. The third-order valence-corrected chi connectivity index (χ3v) is 8.27. The monoisotopic (exact) mass is 601 g/mol. The number of ketones is 1. The molecular formula is C35H47N5O4. The summed E-state index contributed by atoms with van der Waals surface area (Å²) in [5.41, 5.74) is 4.33. The summed E-state index contributed by atoms with van der Waals surface area (Å²) in [5.74, 6) is -0.0510. The van der Waals surface area contributed by atoms with Crippen LogP contribution in [0.1, 0.15) is 86.1 Å². The van der Waals surface area contributed by atoms with Gasteiger partial charge in [0.05, 0.1) is 23.5 Å². The second kappa shape index (κ2) is 13.8. The average molecular weight is 602 g/mol. The molecule has 236 valence electrons. The van der Waals surface area contributed by atoms with Gasteiger partial charge in [0, 0.05) is 55.0 Å². The first-order chi connectivity index (χ1) is 20.8. The number of ether oxygens (including phenoxy) is 1. The number of aryl methyl sites for hydroxylation is 1. The highest BCUT2D eigenvalue weighted by molar-refractivity contribution is 6.01. The maximum absolute atomic E-state index is 13.8. The Balaban J connectivity index is 1.40. The fraction of sp³-hybridized carbons (Fsp3) is 0.514. The van der Waals surface area contributed by atoms with Crippen LogP contribution in [0.25, 0.3) is 22.5 Å². The molecular weight excluding hydrogens is 554 g/mol. The van der Waals surface area contributed by atoms with Gasteiger partial charge in [-0.1, -0.05) is 61.5 Å². The van der Waals surface area contributed by atoms with Gasteiger partial charge in [0.1, 0.15) is 11.5 Å². The van der Waals surface area contributed by atoms with E-state index in [1.165, 1.54) is 0 Å². The number of carbonyl (C=O) groups is 3. The Labute approximate surface area is 261 Å². The van der Waals surface area contributed by atoms with E-state index in [2.05, 4.69) is 15.6 Å². The van der Waals surface area contributed by atoms with E-state index in [1.807, 2.05) is 102 Å². The van der Waals surface area contributed by atoms with Gasteiger partial charge in [0.25, 0.3) is 0 Å². The largest absolute Gasteiger partial charge is 0.375 e. The number of nitrogens with one attached hydrogen (secondary N) is 1.